The van der Waals surface area contributed by atoms with Crippen molar-refractivity contribution >= 4 is 12.0 Å². The van der Waals surface area contributed by atoms with E-state index in [0.717, 1.165) is 17.5 Å². The van der Waals surface area contributed by atoms with Crippen LogP contribution in [0.25, 0.3) is 0 Å². The molecule has 0 saturated heterocycles. The number of amides is 2. The van der Waals surface area contributed by atoms with Crippen LogP contribution in [0.15, 0.2) is 11.8 Å². The zero-order chi connectivity index (χ0) is 14.7. The number of rotatable bonds is 7. The molecule has 0 aromatic carbocycles. The maximum Gasteiger partial charge on any atom is 0.413 e. The highest BCUT2D eigenvalue weighted by Crippen LogP contribution is 2.01. The monoisotopic (exact) mass is 268 g/mol. The second kappa shape index (κ2) is 9.91. The van der Waals surface area contributed by atoms with Gasteiger partial charge in [-0.3, -0.25) is 9.69 Å². The quantitative estimate of drug-likeness (QED) is 0.511. The summed E-state index contributed by atoms with van der Waals surface area (Å²) in [5.41, 5.74) is 5.22. The van der Waals surface area contributed by atoms with Gasteiger partial charge in [-0.05, 0) is 13.3 Å². The average molecular weight is 268 g/mol. The molecule has 0 heterocycles. The molecule has 7 heteroatoms. The third kappa shape index (κ3) is 6.43. The Balaban J connectivity index is 4.90. The lowest BCUT2D eigenvalue weighted by Gasteiger charge is -2.17. The molecule has 7 nitrogen and oxygen atoms in total. The Kier molecular flexibility index (Phi) is 8.83. The summed E-state index contributed by atoms with van der Waals surface area (Å²) in [6.07, 6.45) is 1.29. The number of nitrogens with two attached hydrogens (primary N) is 1. The Hall–Kier alpha value is -2.07. The molecule has 2 amide bonds. The van der Waals surface area contributed by atoms with Crippen molar-refractivity contribution in [3.05, 3.63) is 11.8 Å². The average Bonchev–Trinajstić information content (AvgIpc) is 2.40. The van der Waals surface area contributed by atoms with Crippen molar-refractivity contribution in [2.75, 3.05) is 26.2 Å². The van der Waals surface area contributed by atoms with Gasteiger partial charge in [0.05, 0.1) is 6.61 Å². The van der Waals surface area contributed by atoms with Crippen molar-refractivity contribution in [1.82, 2.24) is 10.2 Å². The number of ether oxygens (including phenoxy) is 1. The maximum absolute atomic E-state index is 11.6. The number of nitrogens with zero attached hydrogens (tertiary/aromatic N) is 2. The van der Waals surface area contributed by atoms with Crippen LogP contribution in [0.3, 0.4) is 0 Å². The summed E-state index contributed by atoms with van der Waals surface area (Å²) in [6, 6.07) is 1.76. The van der Waals surface area contributed by atoms with Crippen molar-refractivity contribution in [3.63, 3.8) is 0 Å². The van der Waals surface area contributed by atoms with E-state index in [2.05, 4.69) is 5.32 Å². The zero-order valence-electron chi connectivity index (χ0n) is 11.3. The van der Waals surface area contributed by atoms with Gasteiger partial charge in [-0.15, -0.1) is 0 Å². The molecule has 0 bridgehead atoms. The molecule has 0 aliphatic rings. The van der Waals surface area contributed by atoms with Crippen LogP contribution in [0.5, 0.6) is 0 Å². The van der Waals surface area contributed by atoms with E-state index < -0.39 is 12.0 Å². The first-order chi connectivity index (χ1) is 9.10. The molecule has 0 rings (SSSR count). The largest absolute Gasteiger partial charge is 0.449 e. The lowest BCUT2D eigenvalue weighted by atomic mass is 10.3. The Morgan fingerprint density at radius 3 is 2.63 bits per heavy atom. The molecule has 0 aromatic heterocycles. The number of nitrogens with one attached hydrogen (secondary N) is 1. The maximum atomic E-state index is 11.6. The van der Waals surface area contributed by atoms with Gasteiger partial charge in [0.1, 0.15) is 11.6 Å². The first-order valence-electron chi connectivity index (χ1n) is 6.14. The lowest BCUT2D eigenvalue weighted by molar-refractivity contribution is -0.117. The van der Waals surface area contributed by atoms with Gasteiger partial charge in [0.25, 0.3) is 5.91 Å². The van der Waals surface area contributed by atoms with Crippen LogP contribution in [-0.4, -0.2) is 43.1 Å². The van der Waals surface area contributed by atoms with E-state index in [-0.39, 0.29) is 25.3 Å². The van der Waals surface area contributed by atoms with Gasteiger partial charge in [0.15, 0.2) is 0 Å². The molecule has 0 radical (unpaired) electrons. The van der Waals surface area contributed by atoms with Crippen LogP contribution < -0.4 is 11.1 Å². The normalized spacial score (nSPS) is 10.5. The van der Waals surface area contributed by atoms with Crippen LogP contribution in [0.4, 0.5) is 4.79 Å². The van der Waals surface area contributed by atoms with Crippen LogP contribution in [-0.2, 0) is 9.53 Å². The predicted octanol–water partition coefficient (Wildman–Crippen LogP) is 0.337. The highest BCUT2D eigenvalue weighted by Gasteiger charge is 2.15. The first kappa shape index (κ1) is 16.9. The van der Waals surface area contributed by atoms with Gasteiger partial charge in [-0.2, -0.15) is 5.26 Å². The van der Waals surface area contributed by atoms with Crippen molar-refractivity contribution in [1.29, 1.82) is 5.26 Å². The number of carbonyl (C=O) groups is 2. The minimum Gasteiger partial charge on any atom is -0.449 e. The number of nitriles is 1. The van der Waals surface area contributed by atoms with Gasteiger partial charge in [-0.1, -0.05) is 6.92 Å². The minimum absolute atomic E-state index is 0.157. The van der Waals surface area contributed by atoms with E-state index in [0.29, 0.717) is 6.54 Å². The second-order valence-electron chi connectivity index (χ2n) is 3.59. The summed E-state index contributed by atoms with van der Waals surface area (Å²) in [6.45, 7) is 4.61. The molecule has 3 N–H and O–H groups in total. The molecule has 0 unspecified atom stereocenters. The highest BCUT2D eigenvalue weighted by molar-refractivity contribution is 5.97. The Morgan fingerprint density at radius 1 is 1.47 bits per heavy atom. The molecular weight excluding hydrogens is 248 g/mol. The summed E-state index contributed by atoms with van der Waals surface area (Å²) in [4.78, 5) is 24.3. The fourth-order valence-corrected chi connectivity index (χ4v) is 1.18. The number of hydrogen-bond donors (Lipinski definition) is 2. The van der Waals surface area contributed by atoms with Crippen LogP contribution in [0, 0.1) is 11.3 Å². The number of carbonyl (C=O) groups excluding carboxylic acids is 2. The first-order valence-corrected chi connectivity index (χ1v) is 6.14. The molecule has 0 spiro atoms. The van der Waals surface area contributed by atoms with Crippen molar-refractivity contribution in [2.45, 2.75) is 20.3 Å². The SMILES string of the molecule is CCCNC(=O)/C(C#N)=C\N(CCN)C(=O)OCC. The van der Waals surface area contributed by atoms with E-state index >= 15 is 0 Å². The summed E-state index contributed by atoms with van der Waals surface area (Å²) >= 11 is 0. The molecule has 0 aromatic rings. The molecule has 19 heavy (non-hydrogen) atoms. The van der Waals surface area contributed by atoms with Crippen molar-refractivity contribution in [3.8, 4) is 6.07 Å². The second-order valence-corrected chi connectivity index (χ2v) is 3.59. The smallest absolute Gasteiger partial charge is 0.413 e. The molecule has 0 saturated carbocycles. The predicted molar refractivity (Wildman–Crippen MR) is 69.8 cm³/mol. The molecule has 0 aliphatic heterocycles. The molecular formula is C12H20N4O3. The van der Waals surface area contributed by atoms with Gasteiger partial charge in [-0.25, -0.2) is 4.79 Å². The Morgan fingerprint density at radius 2 is 2.16 bits per heavy atom. The Labute approximate surface area is 113 Å². The van der Waals surface area contributed by atoms with E-state index in [1.54, 1.807) is 13.0 Å². The highest BCUT2D eigenvalue weighted by atomic mass is 16.6. The third-order valence-corrected chi connectivity index (χ3v) is 2.06. The fraction of sp³-hybridized carbons (Fsp3) is 0.583. The fourth-order valence-electron chi connectivity index (χ4n) is 1.18. The summed E-state index contributed by atoms with van der Waals surface area (Å²) < 4.78 is 4.81. The summed E-state index contributed by atoms with van der Waals surface area (Å²) in [5, 5.41) is 11.5. The van der Waals surface area contributed by atoms with E-state index in [1.165, 1.54) is 0 Å². The topological polar surface area (TPSA) is 108 Å². The van der Waals surface area contributed by atoms with Gasteiger partial charge >= 0.3 is 6.09 Å². The van der Waals surface area contributed by atoms with Crippen LogP contribution in [0.1, 0.15) is 20.3 Å². The lowest BCUT2D eigenvalue weighted by Crippen LogP contribution is -2.33. The zero-order valence-corrected chi connectivity index (χ0v) is 11.3. The van der Waals surface area contributed by atoms with E-state index in [9.17, 15) is 9.59 Å². The third-order valence-electron chi connectivity index (χ3n) is 2.06. The Bertz CT molecular complexity index is 374. The van der Waals surface area contributed by atoms with E-state index in [1.807, 2.05) is 6.92 Å². The van der Waals surface area contributed by atoms with E-state index in [4.69, 9.17) is 15.7 Å². The number of hydrogen-bond acceptors (Lipinski definition) is 5. The van der Waals surface area contributed by atoms with Crippen molar-refractivity contribution in [2.24, 2.45) is 5.73 Å². The van der Waals surface area contributed by atoms with Crippen molar-refractivity contribution < 1.29 is 14.3 Å². The minimum atomic E-state index is -0.635. The molecule has 0 fully saturated rings. The van der Waals surface area contributed by atoms with Crippen LogP contribution >= 0.6 is 0 Å². The van der Waals surface area contributed by atoms with Crippen LogP contribution in [0.2, 0.25) is 0 Å². The summed E-state index contributed by atoms with van der Waals surface area (Å²) in [5.74, 6) is -0.518. The van der Waals surface area contributed by atoms with Gasteiger partial charge in [0, 0.05) is 25.8 Å². The molecule has 0 atom stereocenters. The molecule has 0 aliphatic carbocycles. The van der Waals surface area contributed by atoms with Gasteiger partial charge in [0.2, 0.25) is 0 Å². The molecule has 106 valence electrons. The standard InChI is InChI=1S/C12H20N4O3/c1-3-6-15-11(17)10(8-14)9-16(7-5-13)12(18)19-4-2/h9H,3-7,13H2,1-2H3,(H,15,17)/b10-9-. The van der Waals surface area contributed by atoms with Gasteiger partial charge < -0.3 is 15.8 Å². The summed E-state index contributed by atoms with van der Waals surface area (Å²) in [7, 11) is 0.